The van der Waals surface area contributed by atoms with Gasteiger partial charge in [-0.1, -0.05) is 20.8 Å². The highest BCUT2D eigenvalue weighted by molar-refractivity contribution is 5.36. The summed E-state index contributed by atoms with van der Waals surface area (Å²) in [4.78, 5) is 10.2. The van der Waals surface area contributed by atoms with Crippen molar-refractivity contribution >= 4 is 5.69 Å². The third kappa shape index (κ3) is 2.93. The number of non-ortho nitro benzene ring substituents is 1. The Hall–Kier alpha value is -1.62. The lowest BCUT2D eigenvalue weighted by atomic mass is 9.79. The van der Waals surface area contributed by atoms with Crippen molar-refractivity contribution in [2.75, 3.05) is 0 Å². The minimum absolute atomic E-state index is 0.0605. The second-order valence-corrected chi connectivity index (χ2v) is 5.66. The smallest absolute Gasteiger partial charge is 0.269 e. The van der Waals surface area contributed by atoms with Crippen LogP contribution in [0.2, 0.25) is 0 Å². The Morgan fingerprint density at radius 3 is 2.20 bits per heavy atom. The summed E-state index contributed by atoms with van der Waals surface area (Å²) < 4.78 is 11.8. The topological polar surface area (TPSA) is 61.6 Å². The van der Waals surface area contributed by atoms with Crippen molar-refractivity contribution in [2.45, 2.75) is 40.1 Å². The molecule has 1 aromatic carbocycles. The van der Waals surface area contributed by atoms with Gasteiger partial charge in [-0.25, -0.2) is 0 Å². The zero-order valence-electron chi connectivity index (χ0n) is 12.3. The lowest BCUT2D eigenvalue weighted by Gasteiger charge is -2.42. The Labute approximate surface area is 119 Å². The van der Waals surface area contributed by atoms with Crippen molar-refractivity contribution in [3.63, 3.8) is 0 Å². The van der Waals surface area contributed by atoms with E-state index in [2.05, 4.69) is 27.7 Å². The molecule has 0 amide bonds. The Kier molecular flexibility index (Phi) is 4.28. The first kappa shape index (κ1) is 14.8. The molecule has 0 spiro atoms. The predicted molar refractivity (Wildman–Crippen MR) is 75.6 cm³/mol. The van der Waals surface area contributed by atoms with E-state index in [4.69, 9.17) is 9.47 Å². The summed E-state index contributed by atoms with van der Waals surface area (Å²) in [6.45, 7) is 8.57. The zero-order chi connectivity index (χ0) is 14.9. The van der Waals surface area contributed by atoms with E-state index in [9.17, 15) is 10.1 Å². The van der Waals surface area contributed by atoms with Gasteiger partial charge < -0.3 is 9.47 Å². The Morgan fingerprint density at radius 2 is 1.65 bits per heavy atom. The van der Waals surface area contributed by atoms with Gasteiger partial charge in [0.05, 0.1) is 11.0 Å². The van der Waals surface area contributed by atoms with Crippen LogP contribution in [0.25, 0.3) is 0 Å². The van der Waals surface area contributed by atoms with E-state index < -0.39 is 4.92 Å². The average Bonchev–Trinajstić information content (AvgIpc) is 2.43. The molecule has 0 unspecified atom stereocenters. The molecule has 1 aliphatic heterocycles. The molecule has 5 atom stereocenters. The van der Waals surface area contributed by atoms with E-state index in [1.165, 1.54) is 12.1 Å². The van der Waals surface area contributed by atoms with Crippen LogP contribution >= 0.6 is 0 Å². The van der Waals surface area contributed by atoms with Crippen molar-refractivity contribution in [1.29, 1.82) is 0 Å². The van der Waals surface area contributed by atoms with Crippen molar-refractivity contribution in [1.82, 2.24) is 0 Å². The van der Waals surface area contributed by atoms with E-state index in [0.29, 0.717) is 17.6 Å². The third-order valence-corrected chi connectivity index (χ3v) is 4.48. The van der Waals surface area contributed by atoms with Gasteiger partial charge in [-0.15, -0.1) is 0 Å². The van der Waals surface area contributed by atoms with E-state index in [1.807, 2.05) is 0 Å². The molecule has 0 N–H and O–H groups in total. The van der Waals surface area contributed by atoms with Crippen LogP contribution in [0.5, 0.6) is 5.75 Å². The lowest BCUT2D eigenvalue weighted by molar-refractivity contribution is -0.384. The average molecular weight is 279 g/mol. The SMILES string of the molecule is C[C@@H]1[C@@H](C)[C@H](Oc2ccc([N+](=O)[O-])cc2)O[C@H](C)[C@H]1C. The Bertz CT molecular complexity index is 473. The van der Waals surface area contributed by atoms with Crippen LogP contribution in [0.4, 0.5) is 5.69 Å². The Morgan fingerprint density at radius 1 is 1.05 bits per heavy atom. The standard InChI is InChI=1S/C15H21NO4/c1-9-10(2)12(4)19-15(11(9)3)20-14-7-5-13(6-8-14)16(17)18/h5-12,15H,1-4H3/t9-,10-,11+,12+,15-/m0/s1. The number of hydrogen-bond acceptors (Lipinski definition) is 4. The maximum atomic E-state index is 10.6. The van der Waals surface area contributed by atoms with Crippen molar-refractivity contribution in [3.05, 3.63) is 34.4 Å². The number of nitro benzene ring substituents is 1. The molecule has 0 radical (unpaired) electrons. The molecular weight excluding hydrogens is 258 g/mol. The van der Waals surface area contributed by atoms with Gasteiger partial charge in [0.1, 0.15) is 5.75 Å². The molecular formula is C15H21NO4. The minimum atomic E-state index is -0.421. The van der Waals surface area contributed by atoms with Crippen LogP contribution in [-0.2, 0) is 4.74 Å². The summed E-state index contributed by atoms with van der Waals surface area (Å²) in [6, 6.07) is 6.11. The van der Waals surface area contributed by atoms with E-state index in [-0.39, 0.29) is 24.0 Å². The first-order valence-corrected chi connectivity index (χ1v) is 6.96. The van der Waals surface area contributed by atoms with Gasteiger partial charge in [-0.2, -0.15) is 0 Å². The first-order chi connectivity index (χ1) is 9.40. The quantitative estimate of drug-likeness (QED) is 0.626. The summed E-state index contributed by atoms with van der Waals surface area (Å²) in [7, 11) is 0. The zero-order valence-corrected chi connectivity index (χ0v) is 12.3. The van der Waals surface area contributed by atoms with E-state index >= 15 is 0 Å². The van der Waals surface area contributed by atoms with Crippen LogP contribution in [0.1, 0.15) is 27.7 Å². The largest absolute Gasteiger partial charge is 0.465 e. The summed E-state index contributed by atoms with van der Waals surface area (Å²) in [5.41, 5.74) is 0.0605. The van der Waals surface area contributed by atoms with Crippen LogP contribution in [0.15, 0.2) is 24.3 Å². The van der Waals surface area contributed by atoms with Gasteiger partial charge >= 0.3 is 0 Å². The Balaban J connectivity index is 2.07. The summed E-state index contributed by atoms with van der Waals surface area (Å²) in [5, 5.41) is 10.6. The molecule has 0 aliphatic carbocycles. The van der Waals surface area contributed by atoms with Crippen LogP contribution < -0.4 is 4.74 Å². The molecule has 5 heteroatoms. The monoisotopic (exact) mass is 279 g/mol. The maximum Gasteiger partial charge on any atom is 0.269 e. The number of ether oxygens (including phenoxy) is 2. The maximum absolute atomic E-state index is 10.6. The van der Waals surface area contributed by atoms with Crippen LogP contribution in [0.3, 0.4) is 0 Å². The van der Waals surface area contributed by atoms with Gasteiger partial charge in [-0.05, 0) is 30.9 Å². The van der Waals surface area contributed by atoms with E-state index in [0.717, 1.165) is 0 Å². The van der Waals surface area contributed by atoms with Gasteiger partial charge in [0.15, 0.2) is 0 Å². The number of nitro groups is 1. The number of benzene rings is 1. The van der Waals surface area contributed by atoms with Crippen LogP contribution in [0, 0.1) is 27.9 Å². The predicted octanol–water partition coefficient (Wildman–Crippen LogP) is 3.63. The highest BCUT2D eigenvalue weighted by Gasteiger charge is 2.38. The van der Waals surface area contributed by atoms with Gasteiger partial charge in [-0.3, -0.25) is 10.1 Å². The molecule has 0 bridgehead atoms. The molecule has 2 rings (SSSR count). The molecule has 0 aromatic heterocycles. The molecule has 20 heavy (non-hydrogen) atoms. The molecule has 1 aliphatic rings. The van der Waals surface area contributed by atoms with Crippen molar-refractivity contribution in [3.8, 4) is 5.75 Å². The fourth-order valence-electron chi connectivity index (χ4n) is 2.53. The molecule has 1 heterocycles. The molecule has 1 fully saturated rings. The molecule has 1 aromatic rings. The molecule has 5 nitrogen and oxygen atoms in total. The molecule has 0 saturated carbocycles. The van der Waals surface area contributed by atoms with Gasteiger partial charge in [0.25, 0.3) is 5.69 Å². The number of nitrogens with zero attached hydrogens (tertiary/aromatic N) is 1. The first-order valence-electron chi connectivity index (χ1n) is 6.96. The van der Waals surface area contributed by atoms with Gasteiger partial charge in [0, 0.05) is 18.1 Å². The highest BCUT2D eigenvalue weighted by Crippen LogP contribution is 2.35. The van der Waals surface area contributed by atoms with Crippen molar-refractivity contribution in [2.24, 2.45) is 17.8 Å². The lowest BCUT2D eigenvalue weighted by Crippen LogP contribution is -2.46. The van der Waals surface area contributed by atoms with Gasteiger partial charge in [0.2, 0.25) is 6.29 Å². The highest BCUT2D eigenvalue weighted by atomic mass is 16.7. The summed E-state index contributed by atoms with van der Waals surface area (Å²) in [5.74, 6) is 1.86. The van der Waals surface area contributed by atoms with E-state index in [1.54, 1.807) is 12.1 Å². The third-order valence-electron chi connectivity index (χ3n) is 4.48. The summed E-state index contributed by atoms with van der Waals surface area (Å²) >= 11 is 0. The fourth-order valence-corrected chi connectivity index (χ4v) is 2.53. The second-order valence-electron chi connectivity index (χ2n) is 5.66. The minimum Gasteiger partial charge on any atom is -0.465 e. The van der Waals surface area contributed by atoms with Crippen molar-refractivity contribution < 1.29 is 14.4 Å². The summed E-state index contributed by atoms with van der Waals surface area (Å²) in [6.07, 6.45) is -0.165. The fraction of sp³-hybridized carbons (Fsp3) is 0.600. The number of hydrogen-bond donors (Lipinski definition) is 0. The number of rotatable bonds is 3. The molecule has 1 saturated heterocycles. The second kappa shape index (κ2) is 5.79. The normalized spacial score (nSPS) is 33.7. The molecule has 110 valence electrons. The van der Waals surface area contributed by atoms with Crippen LogP contribution in [-0.4, -0.2) is 17.3 Å².